The Labute approximate surface area is 97.7 Å². The highest BCUT2D eigenvalue weighted by atomic mass is 16.6. The van der Waals surface area contributed by atoms with Crippen LogP contribution in [0.3, 0.4) is 0 Å². The average Bonchev–Trinajstić information content (AvgIpc) is 2.27. The number of amides is 1. The van der Waals surface area contributed by atoms with Crippen LogP contribution in [0.1, 0.15) is 33.6 Å². The summed E-state index contributed by atoms with van der Waals surface area (Å²) in [5, 5.41) is 2.96. The van der Waals surface area contributed by atoms with Crippen LogP contribution < -0.4 is 5.32 Å². The largest absolute Gasteiger partial charge is 0.376 e. The molecule has 1 aliphatic heterocycles. The van der Waals surface area contributed by atoms with Crippen molar-refractivity contribution in [3.05, 3.63) is 0 Å². The topological polar surface area (TPSA) is 47.6 Å². The molecule has 2 atom stereocenters. The van der Waals surface area contributed by atoms with Crippen LogP contribution in [0.2, 0.25) is 0 Å². The van der Waals surface area contributed by atoms with Gasteiger partial charge in [-0.25, -0.2) is 0 Å². The van der Waals surface area contributed by atoms with Crippen molar-refractivity contribution in [2.45, 2.75) is 45.8 Å². The molecule has 0 radical (unpaired) electrons. The number of carbonyl (C=O) groups excluding carboxylic acids is 1. The van der Waals surface area contributed by atoms with E-state index in [2.05, 4.69) is 19.2 Å². The molecule has 1 rings (SSSR count). The Balaban J connectivity index is 2.21. The Morgan fingerprint density at radius 1 is 1.31 bits per heavy atom. The average molecular weight is 229 g/mol. The molecule has 4 heteroatoms. The van der Waals surface area contributed by atoms with E-state index < -0.39 is 6.10 Å². The van der Waals surface area contributed by atoms with Crippen LogP contribution in [-0.4, -0.2) is 37.9 Å². The fraction of sp³-hybridized carbons (Fsp3) is 0.917. The fourth-order valence-electron chi connectivity index (χ4n) is 1.63. The Morgan fingerprint density at radius 2 is 2.06 bits per heavy atom. The summed E-state index contributed by atoms with van der Waals surface area (Å²) >= 11 is 0. The second-order valence-electron chi connectivity index (χ2n) is 4.82. The number of nitrogens with one attached hydrogen (secondary N) is 1. The minimum atomic E-state index is -0.421. The van der Waals surface area contributed by atoms with Crippen LogP contribution in [0.15, 0.2) is 0 Å². The van der Waals surface area contributed by atoms with Gasteiger partial charge in [-0.1, -0.05) is 13.8 Å². The summed E-state index contributed by atoms with van der Waals surface area (Å²) < 4.78 is 10.5. The lowest BCUT2D eigenvalue weighted by Gasteiger charge is -2.24. The van der Waals surface area contributed by atoms with Crippen molar-refractivity contribution in [3.63, 3.8) is 0 Å². The van der Waals surface area contributed by atoms with E-state index in [9.17, 15) is 4.79 Å². The van der Waals surface area contributed by atoms with Crippen molar-refractivity contribution >= 4 is 5.91 Å². The van der Waals surface area contributed by atoms with Gasteiger partial charge in [-0.15, -0.1) is 0 Å². The molecular formula is C12H23NO3. The molecule has 0 unspecified atom stereocenters. The lowest BCUT2D eigenvalue weighted by molar-refractivity contribution is -0.148. The minimum absolute atomic E-state index is 0.0454. The quantitative estimate of drug-likeness (QED) is 0.774. The molecule has 1 N–H and O–H groups in total. The zero-order valence-corrected chi connectivity index (χ0v) is 10.5. The number of rotatable bonds is 5. The van der Waals surface area contributed by atoms with Crippen molar-refractivity contribution < 1.29 is 14.3 Å². The zero-order valence-electron chi connectivity index (χ0n) is 10.5. The maximum absolute atomic E-state index is 11.7. The summed E-state index contributed by atoms with van der Waals surface area (Å²) in [7, 11) is 0. The van der Waals surface area contributed by atoms with E-state index in [1.165, 1.54) is 0 Å². The summed E-state index contributed by atoms with van der Waals surface area (Å²) in [6.45, 7) is 7.89. The molecular weight excluding hydrogens is 206 g/mol. The third kappa shape index (κ3) is 4.94. The fourth-order valence-corrected chi connectivity index (χ4v) is 1.63. The van der Waals surface area contributed by atoms with E-state index in [1.54, 1.807) is 0 Å². The predicted molar refractivity (Wildman–Crippen MR) is 62.2 cm³/mol. The Kier molecular flexibility index (Phi) is 5.77. The molecule has 1 aliphatic rings. The van der Waals surface area contributed by atoms with Crippen LogP contribution in [0.25, 0.3) is 0 Å². The highest BCUT2D eigenvalue weighted by Gasteiger charge is 2.23. The van der Waals surface area contributed by atoms with E-state index in [0.29, 0.717) is 25.7 Å². The van der Waals surface area contributed by atoms with Gasteiger partial charge in [0.25, 0.3) is 5.91 Å². The van der Waals surface area contributed by atoms with Crippen molar-refractivity contribution in [3.8, 4) is 0 Å². The lowest BCUT2D eigenvalue weighted by atomic mass is 10.0. The molecule has 1 heterocycles. The second-order valence-corrected chi connectivity index (χ2v) is 4.82. The Morgan fingerprint density at radius 3 is 2.62 bits per heavy atom. The van der Waals surface area contributed by atoms with Crippen LogP contribution in [0.4, 0.5) is 0 Å². The predicted octanol–water partition coefficient (Wildman–Crippen LogP) is 1.34. The first kappa shape index (κ1) is 13.5. The normalized spacial score (nSPS) is 23.1. The Hall–Kier alpha value is -0.610. The number of hydrogen-bond acceptors (Lipinski definition) is 3. The van der Waals surface area contributed by atoms with E-state index in [1.807, 2.05) is 6.92 Å². The molecule has 0 bridgehead atoms. The molecule has 0 saturated carbocycles. The van der Waals surface area contributed by atoms with Gasteiger partial charge in [0.2, 0.25) is 0 Å². The van der Waals surface area contributed by atoms with Gasteiger partial charge in [-0.05, 0) is 25.7 Å². The smallest absolute Gasteiger partial charge is 0.251 e. The van der Waals surface area contributed by atoms with Gasteiger partial charge in [-0.2, -0.15) is 0 Å². The summed E-state index contributed by atoms with van der Waals surface area (Å²) in [5.74, 6) is 0.629. The third-order valence-corrected chi connectivity index (χ3v) is 2.67. The molecule has 16 heavy (non-hydrogen) atoms. The number of carbonyl (C=O) groups is 1. The second kappa shape index (κ2) is 6.86. The van der Waals surface area contributed by atoms with Crippen molar-refractivity contribution in [2.24, 2.45) is 5.92 Å². The maximum atomic E-state index is 11.7. The Bertz CT molecular complexity index is 212. The standard InChI is InChI=1S/C12H23NO3/c1-9(2)4-5-10(3)13-12(14)11-8-15-6-7-16-11/h9-11H,4-8H2,1-3H3,(H,13,14)/t10-,11-/m1/s1. The minimum Gasteiger partial charge on any atom is -0.376 e. The van der Waals surface area contributed by atoms with Crippen LogP contribution in [-0.2, 0) is 14.3 Å². The van der Waals surface area contributed by atoms with Crippen molar-refractivity contribution in [2.75, 3.05) is 19.8 Å². The van der Waals surface area contributed by atoms with E-state index in [-0.39, 0.29) is 11.9 Å². The van der Waals surface area contributed by atoms with Gasteiger partial charge in [-0.3, -0.25) is 4.79 Å². The zero-order chi connectivity index (χ0) is 12.0. The molecule has 94 valence electrons. The van der Waals surface area contributed by atoms with Gasteiger partial charge in [0.15, 0.2) is 6.10 Å². The molecule has 0 aliphatic carbocycles. The van der Waals surface area contributed by atoms with Gasteiger partial charge in [0.05, 0.1) is 19.8 Å². The van der Waals surface area contributed by atoms with Gasteiger partial charge >= 0.3 is 0 Å². The summed E-state index contributed by atoms with van der Waals surface area (Å²) in [6, 6.07) is 0.209. The monoisotopic (exact) mass is 229 g/mol. The highest BCUT2D eigenvalue weighted by Crippen LogP contribution is 2.07. The third-order valence-electron chi connectivity index (χ3n) is 2.67. The molecule has 0 aromatic rings. The molecule has 0 spiro atoms. The molecule has 1 fully saturated rings. The summed E-state index contributed by atoms with van der Waals surface area (Å²) in [5.41, 5.74) is 0. The highest BCUT2D eigenvalue weighted by molar-refractivity contribution is 5.81. The summed E-state index contributed by atoms with van der Waals surface area (Å²) in [6.07, 6.45) is 1.72. The van der Waals surface area contributed by atoms with Crippen molar-refractivity contribution in [1.82, 2.24) is 5.32 Å². The molecule has 1 saturated heterocycles. The van der Waals surface area contributed by atoms with Gasteiger partial charge in [0.1, 0.15) is 0 Å². The van der Waals surface area contributed by atoms with Crippen LogP contribution in [0, 0.1) is 5.92 Å². The van der Waals surface area contributed by atoms with Gasteiger partial charge < -0.3 is 14.8 Å². The first-order valence-corrected chi connectivity index (χ1v) is 6.09. The van der Waals surface area contributed by atoms with Crippen LogP contribution in [0.5, 0.6) is 0 Å². The molecule has 0 aromatic heterocycles. The number of ether oxygens (including phenoxy) is 2. The molecule has 1 amide bonds. The SMILES string of the molecule is CC(C)CC[C@@H](C)NC(=O)[C@H]1COCCO1. The van der Waals surface area contributed by atoms with E-state index in [0.717, 1.165) is 12.8 Å². The molecule has 0 aromatic carbocycles. The summed E-state index contributed by atoms with van der Waals surface area (Å²) in [4.78, 5) is 11.7. The van der Waals surface area contributed by atoms with Crippen molar-refractivity contribution in [1.29, 1.82) is 0 Å². The maximum Gasteiger partial charge on any atom is 0.251 e. The lowest BCUT2D eigenvalue weighted by Crippen LogP contribution is -2.45. The van der Waals surface area contributed by atoms with Gasteiger partial charge in [0, 0.05) is 6.04 Å². The first-order valence-electron chi connectivity index (χ1n) is 6.09. The van der Waals surface area contributed by atoms with E-state index >= 15 is 0 Å². The first-order chi connectivity index (χ1) is 7.59. The van der Waals surface area contributed by atoms with Crippen LogP contribution >= 0.6 is 0 Å². The van der Waals surface area contributed by atoms with E-state index in [4.69, 9.17) is 9.47 Å². The molecule has 4 nitrogen and oxygen atoms in total. The number of hydrogen-bond donors (Lipinski definition) is 1.